The van der Waals surface area contributed by atoms with E-state index in [0.717, 1.165) is 36.4 Å². The van der Waals surface area contributed by atoms with Gasteiger partial charge in [0, 0.05) is 62.1 Å². The number of nitrogens with one attached hydrogen (secondary N) is 2. The number of benzene rings is 1. The van der Waals surface area contributed by atoms with Crippen LogP contribution in [0, 0.1) is 0 Å². The number of piperazine rings is 1. The monoisotopic (exact) mass is 650 g/mol. The van der Waals surface area contributed by atoms with Crippen molar-refractivity contribution in [1.29, 1.82) is 0 Å². The fourth-order valence-corrected chi connectivity index (χ4v) is 7.01. The minimum absolute atomic E-state index is 0.0946. The molecule has 0 spiro atoms. The molecule has 2 fully saturated rings. The van der Waals surface area contributed by atoms with Gasteiger partial charge in [0.1, 0.15) is 0 Å². The Labute approximate surface area is 271 Å². The summed E-state index contributed by atoms with van der Waals surface area (Å²) in [6, 6.07) is 9.71. The number of urea groups is 1. The third-order valence-corrected chi connectivity index (χ3v) is 14.5. The van der Waals surface area contributed by atoms with E-state index in [0.29, 0.717) is 49.1 Å². The van der Waals surface area contributed by atoms with Crippen LogP contribution in [-0.4, -0.2) is 89.9 Å². The van der Waals surface area contributed by atoms with Crippen LogP contribution >= 0.6 is 11.3 Å². The highest BCUT2D eigenvalue weighted by molar-refractivity contribution is 7.13. The molecule has 0 bridgehead atoms. The molecule has 11 nitrogen and oxygen atoms in total. The number of anilines is 3. The molecule has 2 aromatic heterocycles. The molecule has 1 aromatic carbocycles. The Bertz CT molecular complexity index is 1480. The summed E-state index contributed by atoms with van der Waals surface area (Å²) in [6.45, 7) is 17.4. The first-order chi connectivity index (χ1) is 21.2. The first-order valence-electron chi connectivity index (χ1n) is 15.6. The van der Waals surface area contributed by atoms with Gasteiger partial charge in [-0.25, -0.2) is 14.8 Å². The van der Waals surface area contributed by atoms with E-state index in [1.54, 1.807) is 17.4 Å². The van der Waals surface area contributed by atoms with Crippen molar-refractivity contribution in [2.24, 2.45) is 0 Å². The lowest BCUT2D eigenvalue weighted by atomic mass is 9.90. The molecule has 0 saturated carbocycles. The van der Waals surface area contributed by atoms with E-state index in [4.69, 9.17) is 10.3 Å². The third kappa shape index (κ3) is 7.83. The summed E-state index contributed by atoms with van der Waals surface area (Å²) in [7, 11) is -1.89. The summed E-state index contributed by atoms with van der Waals surface area (Å²) in [5.74, 6) is 0.118. The Morgan fingerprint density at radius 1 is 1.00 bits per heavy atom. The summed E-state index contributed by atoms with van der Waals surface area (Å²) in [5, 5.41) is 10.5. The number of nitrogens with two attached hydrogens (primary N) is 1. The Morgan fingerprint density at radius 3 is 2.24 bits per heavy atom. The van der Waals surface area contributed by atoms with E-state index in [-0.39, 0.29) is 22.5 Å². The number of hydroxylamine groups is 2. The molecule has 0 radical (unpaired) electrons. The van der Waals surface area contributed by atoms with Gasteiger partial charge >= 0.3 is 6.03 Å². The van der Waals surface area contributed by atoms with E-state index in [1.807, 2.05) is 39.4 Å². The summed E-state index contributed by atoms with van der Waals surface area (Å²) in [4.78, 5) is 40.1. The largest absolute Gasteiger partial charge is 0.397 e. The maximum absolute atomic E-state index is 13.3. The maximum Gasteiger partial charge on any atom is 0.320 e. The van der Waals surface area contributed by atoms with Crippen LogP contribution in [0.2, 0.25) is 18.1 Å². The van der Waals surface area contributed by atoms with Gasteiger partial charge in [0.15, 0.2) is 0 Å². The minimum Gasteiger partial charge on any atom is -0.397 e. The van der Waals surface area contributed by atoms with Crippen molar-refractivity contribution in [2.45, 2.75) is 64.2 Å². The molecule has 2 aliphatic heterocycles. The van der Waals surface area contributed by atoms with E-state index in [2.05, 4.69) is 66.5 Å². The van der Waals surface area contributed by atoms with E-state index >= 15 is 0 Å². The Hall–Kier alpha value is -3.52. The molecular formula is C32H46N8O3SSi. The number of thiophene rings is 1. The third-order valence-electron chi connectivity index (χ3n) is 9.24. The summed E-state index contributed by atoms with van der Waals surface area (Å²) in [5.41, 5.74) is 8.22. The second kappa shape index (κ2) is 13.1. The lowest BCUT2D eigenvalue weighted by molar-refractivity contribution is -0.0965. The second-order valence-corrected chi connectivity index (χ2v) is 19.4. The molecule has 0 unspecified atom stereocenters. The highest BCUT2D eigenvalue weighted by Crippen LogP contribution is 2.37. The Morgan fingerprint density at radius 2 is 1.64 bits per heavy atom. The predicted molar refractivity (Wildman–Crippen MR) is 184 cm³/mol. The number of piperidine rings is 1. The topological polar surface area (TPSA) is 129 Å². The van der Waals surface area contributed by atoms with Gasteiger partial charge < -0.3 is 30.7 Å². The van der Waals surface area contributed by atoms with Crippen molar-refractivity contribution in [3.8, 4) is 10.4 Å². The molecule has 0 aliphatic carbocycles. The quantitative estimate of drug-likeness (QED) is 0.211. The molecule has 13 heteroatoms. The van der Waals surface area contributed by atoms with Crippen LogP contribution in [0.4, 0.5) is 22.1 Å². The number of carbonyl (C=O) groups excluding carboxylic acids is 2. The summed E-state index contributed by atoms with van der Waals surface area (Å²) >= 11 is 1.62. The molecular weight excluding hydrogens is 605 g/mol. The first kappa shape index (κ1) is 32.9. The van der Waals surface area contributed by atoms with Crippen LogP contribution in [0.3, 0.4) is 0 Å². The van der Waals surface area contributed by atoms with Gasteiger partial charge in [-0.15, -0.1) is 11.3 Å². The first-order valence-corrected chi connectivity index (χ1v) is 19.3. The van der Waals surface area contributed by atoms with Crippen LogP contribution < -0.4 is 16.4 Å². The number of carbonyl (C=O) groups is 2. The van der Waals surface area contributed by atoms with Crippen molar-refractivity contribution in [2.75, 3.05) is 55.6 Å². The molecule has 45 heavy (non-hydrogen) atoms. The molecule has 4 heterocycles. The molecule has 242 valence electrons. The molecule has 2 aliphatic rings. The average Bonchev–Trinajstić information content (AvgIpc) is 3.53. The normalized spacial score (nSPS) is 17.6. The van der Waals surface area contributed by atoms with Crippen LogP contribution in [0.1, 0.15) is 50.9 Å². The number of rotatable bonds is 7. The molecule has 0 atom stereocenters. The van der Waals surface area contributed by atoms with Crippen LogP contribution in [0.5, 0.6) is 0 Å². The lowest BCUT2D eigenvalue weighted by Gasteiger charge is -2.45. The SMILES string of the molecule is CC1(Nc2ncc(C(=O)Nc3cc(-c4cccs4)ccc3N)cn2)CCN(C(=O)N2CCN(O[Si](C)(C)C(C)(C)C)CC2)CC1. The number of hydrogen-bond donors (Lipinski definition) is 3. The highest BCUT2D eigenvalue weighted by atomic mass is 32.1. The second-order valence-electron chi connectivity index (χ2n) is 13.8. The van der Waals surface area contributed by atoms with Gasteiger partial charge in [0.25, 0.3) is 5.91 Å². The van der Waals surface area contributed by atoms with Gasteiger partial charge in [0.05, 0.1) is 16.9 Å². The van der Waals surface area contributed by atoms with Gasteiger partial charge in [-0.1, -0.05) is 32.9 Å². The van der Waals surface area contributed by atoms with E-state index < -0.39 is 8.32 Å². The predicted octanol–water partition coefficient (Wildman–Crippen LogP) is 5.98. The maximum atomic E-state index is 13.3. The van der Waals surface area contributed by atoms with E-state index in [9.17, 15) is 9.59 Å². The molecule has 3 aromatic rings. The summed E-state index contributed by atoms with van der Waals surface area (Å²) < 4.78 is 6.44. The number of aromatic nitrogens is 2. The minimum atomic E-state index is -1.89. The van der Waals surface area contributed by atoms with E-state index in [1.165, 1.54) is 12.4 Å². The van der Waals surface area contributed by atoms with Crippen molar-refractivity contribution >= 4 is 48.9 Å². The Kier molecular flexibility index (Phi) is 9.54. The Balaban J connectivity index is 1.10. The van der Waals surface area contributed by atoms with Crippen molar-refractivity contribution < 1.29 is 14.1 Å². The molecule has 5 rings (SSSR count). The fraction of sp³-hybridized carbons (Fsp3) is 0.500. The molecule has 4 N–H and O–H groups in total. The number of nitrogens with zero attached hydrogens (tertiary/aromatic N) is 5. The fourth-order valence-electron chi connectivity index (χ4n) is 5.18. The lowest BCUT2D eigenvalue weighted by Crippen LogP contribution is -2.58. The zero-order valence-corrected chi connectivity index (χ0v) is 29.0. The zero-order chi connectivity index (χ0) is 32.4. The molecule has 2 saturated heterocycles. The average molecular weight is 651 g/mol. The van der Waals surface area contributed by atoms with Crippen LogP contribution in [-0.2, 0) is 4.53 Å². The smallest absolute Gasteiger partial charge is 0.320 e. The number of likely N-dealkylation sites (tertiary alicyclic amines) is 1. The van der Waals surface area contributed by atoms with Crippen molar-refractivity contribution in [3.63, 3.8) is 0 Å². The van der Waals surface area contributed by atoms with Gasteiger partial charge in [-0.2, -0.15) is 5.06 Å². The van der Waals surface area contributed by atoms with Gasteiger partial charge in [-0.05, 0) is 67.0 Å². The van der Waals surface area contributed by atoms with Crippen LogP contribution in [0.25, 0.3) is 10.4 Å². The van der Waals surface area contributed by atoms with Gasteiger partial charge in [-0.3, -0.25) is 4.79 Å². The van der Waals surface area contributed by atoms with Crippen LogP contribution in [0.15, 0.2) is 48.1 Å². The van der Waals surface area contributed by atoms with Crippen molar-refractivity contribution in [1.82, 2.24) is 24.8 Å². The molecule has 3 amide bonds. The highest BCUT2D eigenvalue weighted by Gasteiger charge is 2.41. The number of nitrogen functional groups attached to an aromatic ring is 1. The number of hydrogen-bond acceptors (Lipinski definition) is 9. The standard InChI is InChI=1S/C32H46N8O3SSi/c1-31(2,3)45(5,6)43-40-17-15-39(16-18-40)30(42)38-13-11-32(4,12-14-38)37-29-34-21-24(22-35-29)28(41)36-26-20-23(9-10-25(26)33)27-8-7-19-44-27/h7-10,19-22H,11-18,33H2,1-6H3,(H,36,41)(H,34,35,37). The van der Waals surface area contributed by atoms with Crippen molar-refractivity contribution in [3.05, 3.63) is 53.7 Å². The van der Waals surface area contributed by atoms with Gasteiger partial charge in [0.2, 0.25) is 14.3 Å². The summed E-state index contributed by atoms with van der Waals surface area (Å²) in [6.07, 6.45) is 4.55. The number of amides is 3. The zero-order valence-electron chi connectivity index (χ0n) is 27.2.